The SMILES string of the molecule is C[Si]1(C)C[C@@H](C(=O)O)N(C(=O)OCC2c3ccccc3-c3ccccc32)C1. The summed E-state index contributed by atoms with van der Waals surface area (Å²) >= 11 is 0. The van der Waals surface area contributed by atoms with Gasteiger partial charge in [-0.15, -0.1) is 0 Å². The molecule has 0 saturated carbocycles. The minimum atomic E-state index is -1.72. The lowest BCUT2D eigenvalue weighted by Gasteiger charge is -2.23. The van der Waals surface area contributed by atoms with Crippen LogP contribution in [0.2, 0.25) is 19.1 Å². The van der Waals surface area contributed by atoms with Gasteiger partial charge in [-0.1, -0.05) is 61.6 Å². The third-order valence-corrected chi connectivity index (χ3v) is 8.26. The van der Waals surface area contributed by atoms with E-state index in [2.05, 4.69) is 37.4 Å². The largest absolute Gasteiger partial charge is 0.480 e. The molecule has 1 fully saturated rings. The van der Waals surface area contributed by atoms with Gasteiger partial charge in [0.1, 0.15) is 12.6 Å². The third kappa shape index (κ3) is 3.14. The summed E-state index contributed by atoms with van der Waals surface area (Å²) < 4.78 is 5.64. The van der Waals surface area contributed by atoms with Crippen molar-refractivity contribution in [3.8, 4) is 11.1 Å². The maximum Gasteiger partial charge on any atom is 0.410 e. The Hall–Kier alpha value is -2.60. The highest BCUT2D eigenvalue weighted by Crippen LogP contribution is 2.44. The van der Waals surface area contributed by atoms with Gasteiger partial charge in [-0.3, -0.25) is 4.90 Å². The fourth-order valence-electron chi connectivity index (χ4n) is 4.36. The number of carboxylic acid groups (broad SMARTS) is 1. The number of hydrogen-bond acceptors (Lipinski definition) is 3. The molecular formula is C21H23NO4Si. The third-order valence-electron chi connectivity index (χ3n) is 5.58. The molecule has 6 heteroatoms. The van der Waals surface area contributed by atoms with Crippen LogP contribution < -0.4 is 0 Å². The number of fused-ring (bicyclic) bond motifs is 3. The summed E-state index contributed by atoms with van der Waals surface area (Å²) in [6, 6.07) is 16.1. The zero-order valence-electron chi connectivity index (χ0n) is 15.5. The molecule has 2 aromatic carbocycles. The first kappa shape index (κ1) is 17.8. The van der Waals surface area contributed by atoms with Crippen LogP contribution in [0.15, 0.2) is 48.5 Å². The first-order chi connectivity index (χ1) is 12.9. The summed E-state index contributed by atoms with van der Waals surface area (Å²) in [6.07, 6.45) is 0.0167. The highest BCUT2D eigenvalue weighted by Gasteiger charge is 2.46. The standard InChI is InChI=1S/C21H23NO4Si/c1-27(2)12-19(20(23)24)22(13-27)21(25)26-11-18-16-9-5-3-7-14(16)15-8-4-6-10-17(15)18/h3-10,18-19H,11-13H2,1-2H3,(H,23,24)/t19-/m0/s1. The van der Waals surface area contributed by atoms with E-state index in [1.54, 1.807) is 0 Å². The van der Waals surface area contributed by atoms with Gasteiger partial charge in [0.2, 0.25) is 0 Å². The number of ether oxygens (including phenoxy) is 1. The molecule has 1 aliphatic heterocycles. The number of carbonyl (C=O) groups excluding carboxylic acids is 1. The fraction of sp³-hybridized carbons (Fsp3) is 0.333. The Balaban J connectivity index is 1.54. The number of amides is 1. The van der Waals surface area contributed by atoms with E-state index >= 15 is 0 Å². The lowest BCUT2D eigenvalue weighted by Crippen LogP contribution is -2.41. The molecule has 0 aromatic heterocycles. The Labute approximate surface area is 159 Å². The Morgan fingerprint density at radius 2 is 1.63 bits per heavy atom. The van der Waals surface area contributed by atoms with E-state index in [1.165, 1.54) is 16.0 Å². The minimum absolute atomic E-state index is 0.0162. The Morgan fingerprint density at radius 1 is 1.07 bits per heavy atom. The molecule has 2 aromatic rings. The van der Waals surface area contributed by atoms with E-state index in [0.717, 1.165) is 11.1 Å². The molecule has 1 atom stereocenters. The highest BCUT2D eigenvalue weighted by atomic mass is 28.3. The molecular weight excluding hydrogens is 358 g/mol. The van der Waals surface area contributed by atoms with Crippen LogP contribution in [0.25, 0.3) is 11.1 Å². The zero-order valence-corrected chi connectivity index (χ0v) is 16.5. The Kier molecular flexibility index (Phi) is 4.30. The zero-order chi connectivity index (χ0) is 19.2. The summed E-state index contributed by atoms with van der Waals surface area (Å²) in [5, 5.41) is 9.48. The van der Waals surface area contributed by atoms with Crippen molar-refractivity contribution in [3.63, 3.8) is 0 Å². The van der Waals surface area contributed by atoms with Gasteiger partial charge in [0.25, 0.3) is 0 Å². The summed E-state index contributed by atoms with van der Waals surface area (Å²) in [7, 11) is -1.72. The predicted molar refractivity (Wildman–Crippen MR) is 105 cm³/mol. The number of carbonyl (C=O) groups is 2. The van der Waals surface area contributed by atoms with Crippen LogP contribution in [-0.2, 0) is 9.53 Å². The molecule has 0 radical (unpaired) electrons. The molecule has 4 rings (SSSR count). The van der Waals surface area contributed by atoms with Crippen LogP contribution in [-0.4, -0.2) is 49.0 Å². The van der Waals surface area contributed by atoms with E-state index in [-0.39, 0.29) is 12.5 Å². The normalized spacial score (nSPS) is 20.2. The van der Waals surface area contributed by atoms with Crippen LogP contribution in [0.1, 0.15) is 17.0 Å². The van der Waals surface area contributed by atoms with Crippen molar-refractivity contribution in [3.05, 3.63) is 59.7 Å². The van der Waals surface area contributed by atoms with Gasteiger partial charge in [0.15, 0.2) is 0 Å². The van der Waals surface area contributed by atoms with Crippen molar-refractivity contribution in [2.45, 2.75) is 31.1 Å². The maximum absolute atomic E-state index is 12.7. The average Bonchev–Trinajstić information content (AvgIpc) is 3.14. The molecule has 1 amide bonds. The van der Waals surface area contributed by atoms with Crippen LogP contribution in [0.5, 0.6) is 0 Å². The molecule has 27 heavy (non-hydrogen) atoms. The molecule has 140 valence electrons. The van der Waals surface area contributed by atoms with Crippen molar-refractivity contribution in [1.82, 2.24) is 4.90 Å². The number of benzene rings is 2. The van der Waals surface area contributed by atoms with Crippen molar-refractivity contribution < 1.29 is 19.4 Å². The molecule has 1 aliphatic carbocycles. The van der Waals surface area contributed by atoms with E-state index in [0.29, 0.717) is 12.2 Å². The van der Waals surface area contributed by atoms with Crippen LogP contribution in [0.3, 0.4) is 0 Å². The van der Waals surface area contributed by atoms with Crippen LogP contribution >= 0.6 is 0 Å². The first-order valence-electron chi connectivity index (χ1n) is 9.22. The van der Waals surface area contributed by atoms with Crippen molar-refractivity contribution in [1.29, 1.82) is 0 Å². The molecule has 0 spiro atoms. The predicted octanol–water partition coefficient (Wildman–Crippen LogP) is 3.95. The number of rotatable bonds is 3. The quantitative estimate of drug-likeness (QED) is 0.818. The van der Waals surface area contributed by atoms with Gasteiger partial charge in [-0.05, 0) is 28.3 Å². The first-order valence-corrected chi connectivity index (χ1v) is 12.6. The monoisotopic (exact) mass is 381 g/mol. The maximum atomic E-state index is 12.7. The lowest BCUT2D eigenvalue weighted by molar-refractivity contribution is -0.141. The summed E-state index contributed by atoms with van der Waals surface area (Å²) in [5.41, 5.74) is 4.65. The fourth-order valence-corrected chi connectivity index (χ4v) is 7.20. The number of nitrogens with zero attached hydrogens (tertiary/aromatic N) is 1. The topological polar surface area (TPSA) is 66.8 Å². The minimum Gasteiger partial charge on any atom is -0.480 e. The summed E-state index contributed by atoms with van der Waals surface area (Å²) in [6.45, 7) is 4.44. The number of aliphatic carboxylic acids is 1. The van der Waals surface area contributed by atoms with Crippen LogP contribution in [0.4, 0.5) is 4.79 Å². The summed E-state index contributed by atoms with van der Waals surface area (Å²) in [5.74, 6) is -0.959. The summed E-state index contributed by atoms with van der Waals surface area (Å²) in [4.78, 5) is 25.7. The average molecular weight is 382 g/mol. The van der Waals surface area contributed by atoms with E-state index in [9.17, 15) is 14.7 Å². The van der Waals surface area contributed by atoms with Crippen molar-refractivity contribution in [2.24, 2.45) is 0 Å². The number of carboxylic acids is 1. The smallest absolute Gasteiger partial charge is 0.410 e. The van der Waals surface area contributed by atoms with Gasteiger partial charge in [0, 0.05) is 12.1 Å². The van der Waals surface area contributed by atoms with Gasteiger partial charge in [-0.2, -0.15) is 0 Å². The van der Waals surface area contributed by atoms with Gasteiger partial charge in [0.05, 0.1) is 8.07 Å². The Morgan fingerprint density at radius 3 is 2.19 bits per heavy atom. The van der Waals surface area contributed by atoms with E-state index in [4.69, 9.17) is 4.74 Å². The van der Waals surface area contributed by atoms with E-state index < -0.39 is 26.2 Å². The number of hydrogen-bond donors (Lipinski definition) is 1. The van der Waals surface area contributed by atoms with Crippen molar-refractivity contribution in [2.75, 3.05) is 12.8 Å². The molecule has 1 heterocycles. The van der Waals surface area contributed by atoms with Crippen LogP contribution in [0, 0.1) is 0 Å². The molecule has 0 bridgehead atoms. The molecule has 0 unspecified atom stereocenters. The van der Waals surface area contributed by atoms with Gasteiger partial charge in [-0.25, -0.2) is 9.59 Å². The Bertz CT molecular complexity index is 865. The van der Waals surface area contributed by atoms with Gasteiger partial charge < -0.3 is 9.84 Å². The second-order valence-electron chi connectivity index (χ2n) is 8.15. The molecule has 1 saturated heterocycles. The molecule has 2 aliphatic rings. The second-order valence-corrected chi connectivity index (χ2v) is 13.2. The second kappa shape index (κ2) is 6.53. The lowest BCUT2D eigenvalue weighted by atomic mass is 9.98. The highest BCUT2D eigenvalue weighted by molar-refractivity contribution is 6.78. The van der Waals surface area contributed by atoms with Gasteiger partial charge >= 0.3 is 12.1 Å². The molecule has 5 nitrogen and oxygen atoms in total. The molecule has 1 N–H and O–H groups in total. The van der Waals surface area contributed by atoms with E-state index in [1.807, 2.05) is 24.3 Å². The van der Waals surface area contributed by atoms with Crippen molar-refractivity contribution >= 4 is 20.1 Å².